The van der Waals surface area contributed by atoms with E-state index in [-0.39, 0.29) is 17.5 Å². The van der Waals surface area contributed by atoms with E-state index in [1.54, 1.807) is 11.8 Å². The molecular weight excluding hydrogens is 408 g/mol. The molecule has 1 aliphatic heterocycles. The van der Waals surface area contributed by atoms with Crippen molar-refractivity contribution in [3.05, 3.63) is 48.8 Å². The number of aryl methyl sites for hydroxylation is 3. The quantitative estimate of drug-likeness (QED) is 0.488. The third-order valence-electron chi connectivity index (χ3n) is 4.80. The van der Waals surface area contributed by atoms with Gasteiger partial charge in [-0.25, -0.2) is 4.98 Å². The number of Topliss-reactive ketones (excluding diaryl/α,β-unsaturated/α-hetero) is 1. The van der Waals surface area contributed by atoms with E-state index in [4.69, 9.17) is 4.74 Å². The minimum atomic E-state index is -0.587. The summed E-state index contributed by atoms with van der Waals surface area (Å²) in [6.45, 7) is 10.4. The summed E-state index contributed by atoms with van der Waals surface area (Å²) in [5, 5.41) is 13.4. The highest BCUT2D eigenvalue weighted by molar-refractivity contribution is 7.14. The van der Waals surface area contributed by atoms with Crippen LogP contribution < -0.4 is 0 Å². The van der Waals surface area contributed by atoms with Gasteiger partial charge in [-0.2, -0.15) is 0 Å². The predicted molar refractivity (Wildman–Crippen MR) is 115 cm³/mol. The summed E-state index contributed by atoms with van der Waals surface area (Å²) in [6.07, 6.45) is 0.735. The SMILES string of the molecule is Cc1nc(C)c(C(=O)C2=C(O)C(=O)N(CCCOC(C)C)C2c2sccc2C)s1. The Morgan fingerprint density at radius 1 is 1.34 bits per heavy atom. The second-order valence-corrected chi connectivity index (χ2v) is 9.53. The third kappa shape index (κ3) is 4.29. The van der Waals surface area contributed by atoms with Gasteiger partial charge in [0.15, 0.2) is 5.76 Å². The van der Waals surface area contributed by atoms with Crippen LogP contribution in [0.1, 0.15) is 57.1 Å². The first-order valence-corrected chi connectivity index (χ1v) is 11.3. The highest BCUT2D eigenvalue weighted by Crippen LogP contribution is 2.43. The summed E-state index contributed by atoms with van der Waals surface area (Å²) in [4.78, 5) is 33.6. The van der Waals surface area contributed by atoms with Crippen molar-refractivity contribution in [2.45, 2.75) is 53.2 Å². The fourth-order valence-corrected chi connectivity index (χ4v) is 5.39. The topological polar surface area (TPSA) is 79.7 Å². The molecule has 0 fully saturated rings. The highest BCUT2D eigenvalue weighted by Gasteiger charge is 2.45. The van der Waals surface area contributed by atoms with Crippen LogP contribution in [-0.4, -0.2) is 45.9 Å². The lowest BCUT2D eigenvalue weighted by Crippen LogP contribution is -2.32. The lowest BCUT2D eigenvalue weighted by atomic mass is 9.98. The van der Waals surface area contributed by atoms with Crippen molar-refractivity contribution < 1.29 is 19.4 Å². The molecule has 1 aliphatic rings. The largest absolute Gasteiger partial charge is 0.503 e. The van der Waals surface area contributed by atoms with E-state index in [1.807, 2.05) is 39.1 Å². The number of aliphatic hydroxyl groups excluding tert-OH is 1. The molecule has 1 N–H and O–H groups in total. The molecule has 1 unspecified atom stereocenters. The van der Waals surface area contributed by atoms with Crippen molar-refractivity contribution in [1.82, 2.24) is 9.88 Å². The smallest absolute Gasteiger partial charge is 0.290 e. The van der Waals surface area contributed by atoms with Crippen molar-refractivity contribution in [1.29, 1.82) is 0 Å². The van der Waals surface area contributed by atoms with Crippen LogP contribution in [0.15, 0.2) is 22.8 Å². The maximum atomic E-state index is 13.4. The highest BCUT2D eigenvalue weighted by atomic mass is 32.1. The van der Waals surface area contributed by atoms with E-state index in [0.717, 1.165) is 15.4 Å². The van der Waals surface area contributed by atoms with Crippen LogP contribution >= 0.6 is 22.7 Å². The van der Waals surface area contributed by atoms with Gasteiger partial charge in [0.05, 0.1) is 33.3 Å². The molecule has 0 saturated heterocycles. The minimum Gasteiger partial charge on any atom is -0.503 e. The molecule has 3 rings (SSSR count). The van der Waals surface area contributed by atoms with Gasteiger partial charge in [-0.15, -0.1) is 22.7 Å². The number of ketones is 1. The van der Waals surface area contributed by atoms with Crippen molar-refractivity contribution in [2.24, 2.45) is 0 Å². The summed E-state index contributed by atoms with van der Waals surface area (Å²) in [7, 11) is 0. The van der Waals surface area contributed by atoms with E-state index in [1.165, 1.54) is 22.7 Å². The number of hydrogen-bond acceptors (Lipinski definition) is 7. The molecule has 6 nitrogen and oxygen atoms in total. The van der Waals surface area contributed by atoms with Crippen LogP contribution in [0.4, 0.5) is 0 Å². The number of aromatic nitrogens is 1. The Morgan fingerprint density at radius 2 is 2.07 bits per heavy atom. The number of ether oxygens (including phenoxy) is 1. The van der Waals surface area contributed by atoms with Crippen LogP contribution in [0, 0.1) is 20.8 Å². The molecule has 156 valence electrons. The minimum absolute atomic E-state index is 0.112. The van der Waals surface area contributed by atoms with E-state index in [9.17, 15) is 14.7 Å². The second-order valence-electron chi connectivity index (χ2n) is 7.38. The van der Waals surface area contributed by atoms with E-state index in [2.05, 4.69) is 4.98 Å². The van der Waals surface area contributed by atoms with Gasteiger partial charge in [0.1, 0.15) is 0 Å². The van der Waals surface area contributed by atoms with Gasteiger partial charge < -0.3 is 14.7 Å². The van der Waals surface area contributed by atoms with E-state index < -0.39 is 17.7 Å². The lowest BCUT2D eigenvalue weighted by Gasteiger charge is -2.26. The number of thiazole rings is 1. The molecule has 0 radical (unpaired) electrons. The zero-order valence-corrected chi connectivity index (χ0v) is 18.9. The Balaban J connectivity index is 1.97. The lowest BCUT2D eigenvalue weighted by molar-refractivity contribution is -0.129. The van der Waals surface area contributed by atoms with Crippen molar-refractivity contribution in [2.75, 3.05) is 13.2 Å². The summed E-state index contributed by atoms with van der Waals surface area (Å²) in [5.74, 6) is -1.28. The van der Waals surface area contributed by atoms with Gasteiger partial charge in [0.25, 0.3) is 5.91 Å². The Kier molecular flexibility index (Phi) is 6.55. The van der Waals surface area contributed by atoms with Crippen LogP contribution in [0.2, 0.25) is 0 Å². The molecule has 2 aromatic heterocycles. The number of aliphatic hydroxyl groups is 1. The Hall–Kier alpha value is -2.03. The summed E-state index contributed by atoms with van der Waals surface area (Å²) < 4.78 is 5.59. The van der Waals surface area contributed by atoms with Crippen LogP contribution in [0.5, 0.6) is 0 Å². The van der Waals surface area contributed by atoms with Crippen molar-refractivity contribution >= 4 is 34.4 Å². The van der Waals surface area contributed by atoms with Crippen LogP contribution in [0.25, 0.3) is 0 Å². The first-order chi connectivity index (χ1) is 13.7. The average Bonchev–Trinajstić information content (AvgIpc) is 3.29. The number of amides is 1. The number of carbonyl (C=O) groups is 2. The molecule has 0 saturated carbocycles. The van der Waals surface area contributed by atoms with Gasteiger partial charge >= 0.3 is 0 Å². The third-order valence-corrected chi connectivity index (χ3v) is 6.95. The van der Waals surface area contributed by atoms with E-state index >= 15 is 0 Å². The number of hydrogen-bond donors (Lipinski definition) is 1. The predicted octanol–water partition coefficient (Wildman–Crippen LogP) is 4.52. The fraction of sp³-hybridized carbons (Fsp3) is 0.476. The van der Waals surface area contributed by atoms with Gasteiger partial charge in [-0.3, -0.25) is 9.59 Å². The Labute approximate surface area is 178 Å². The Morgan fingerprint density at radius 3 is 2.62 bits per heavy atom. The number of carbonyl (C=O) groups excluding carboxylic acids is 2. The summed E-state index contributed by atoms with van der Waals surface area (Å²) >= 11 is 2.78. The summed E-state index contributed by atoms with van der Waals surface area (Å²) in [5.41, 5.74) is 1.76. The maximum absolute atomic E-state index is 13.4. The van der Waals surface area contributed by atoms with Gasteiger partial charge in [-0.1, -0.05) is 0 Å². The average molecular weight is 435 g/mol. The van der Waals surface area contributed by atoms with Crippen LogP contribution in [0.3, 0.4) is 0 Å². The monoisotopic (exact) mass is 434 g/mol. The first-order valence-electron chi connectivity index (χ1n) is 9.60. The molecule has 0 bridgehead atoms. The Bertz CT molecular complexity index is 958. The van der Waals surface area contributed by atoms with Gasteiger partial charge in [-0.05, 0) is 58.0 Å². The van der Waals surface area contributed by atoms with Crippen molar-refractivity contribution in [3.8, 4) is 0 Å². The fourth-order valence-electron chi connectivity index (χ4n) is 3.47. The summed E-state index contributed by atoms with van der Waals surface area (Å²) in [6, 6.07) is 1.38. The zero-order chi connectivity index (χ0) is 21.3. The number of nitrogens with zero attached hydrogens (tertiary/aromatic N) is 2. The first kappa shape index (κ1) is 21.7. The number of rotatable bonds is 8. The van der Waals surface area contributed by atoms with Crippen LogP contribution in [-0.2, 0) is 9.53 Å². The standard InChI is InChI=1S/C21H26N2O4S2/c1-11(2)27-9-6-8-23-16(19-12(3)7-10-28-19)15(18(25)21(23)26)17(24)20-13(4)22-14(5)29-20/h7,10-11,16,25H,6,8-9H2,1-5H3. The van der Waals surface area contributed by atoms with Crippen molar-refractivity contribution in [3.63, 3.8) is 0 Å². The number of thiophene rings is 1. The van der Waals surface area contributed by atoms with Gasteiger partial charge in [0.2, 0.25) is 5.78 Å². The van der Waals surface area contributed by atoms with Gasteiger partial charge in [0, 0.05) is 18.0 Å². The molecule has 0 aliphatic carbocycles. The molecule has 29 heavy (non-hydrogen) atoms. The molecule has 0 aromatic carbocycles. The molecule has 1 atom stereocenters. The molecule has 2 aromatic rings. The zero-order valence-electron chi connectivity index (χ0n) is 17.3. The molecule has 8 heteroatoms. The second kappa shape index (κ2) is 8.77. The van der Waals surface area contributed by atoms with E-state index in [0.29, 0.717) is 30.1 Å². The molecular formula is C21H26N2O4S2. The normalized spacial score (nSPS) is 17.1. The molecule has 0 spiro atoms. The maximum Gasteiger partial charge on any atom is 0.290 e. The molecule has 3 heterocycles. The molecule has 1 amide bonds.